The molecule has 1 aromatic carbocycles. The number of thiazole rings is 1. The van der Waals surface area contributed by atoms with Gasteiger partial charge in [0.2, 0.25) is 0 Å². The van der Waals surface area contributed by atoms with Crippen LogP contribution in [0.4, 0.5) is 9.52 Å². The van der Waals surface area contributed by atoms with E-state index in [1.165, 1.54) is 18.2 Å². The molecule has 2 rings (SSSR count). The van der Waals surface area contributed by atoms with Gasteiger partial charge in [0, 0.05) is 0 Å². The fourth-order valence-electron chi connectivity index (χ4n) is 1.86. The van der Waals surface area contributed by atoms with E-state index in [2.05, 4.69) is 26.2 Å². The molecule has 0 saturated carbocycles. The Hall–Kier alpha value is -2.00. The SMILES string of the molecule is CCOC(=O)c1sc(NC(=O)C(C)Oc2ccc(F)cc2Br)nc1C. The highest BCUT2D eigenvalue weighted by molar-refractivity contribution is 9.10. The number of hydrogen-bond donors (Lipinski definition) is 1. The van der Waals surface area contributed by atoms with Gasteiger partial charge in [-0.2, -0.15) is 0 Å². The molecule has 1 heterocycles. The fourth-order valence-corrected chi connectivity index (χ4v) is 3.17. The number of ether oxygens (including phenoxy) is 2. The number of carbonyl (C=O) groups excluding carboxylic acids is 2. The van der Waals surface area contributed by atoms with Crippen molar-refractivity contribution >= 4 is 44.3 Å². The molecule has 0 fully saturated rings. The first kappa shape index (κ1) is 19.3. The number of aromatic nitrogens is 1. The van der Waals surface area contributed by atoms with Crippen molar-refractivity contribution in [1.29, 1.82) is 0 Å². The summed E-state index contributed by atoms with van der Waals surface area (Å²) < 4.78 is 23.9. The van der Waals surface area contributed by atoms with Crippen LogP contribution in [-0.2, 0) is 9.53 Å². The van der Waals surface area contributed by atoms with Crippen LogP contribution in [0.1, 0.15) is 29.2 Å². The van der Waals surface area contributed by atoms with E-state index in [0.717, 1.165) is 11.3 Å². The Labute approximate surface area is 156 Å². The number of halogens is 2. The summed E-state index contributed by atoms with van der Waals surface area (Å²) in [6.45, 7) is 5.19. The molecular weight excluding hydrogens is 415 g/mol. The van der Waals surface area contributed by atoms with Gasteiger partial charge >= 0.3 is 5.97 Å². The van der Waals surface area contributed by atoms with E-state index in [-0.39, 0.29) is 11.7 Å². The number of rotatable bonds is 6. The van der Waals surface area contributed by atoms with Crippen molar-refractivity contribution in [2.24, 2.45) is 0 Å². The minimum atomic E-state index is -0.850. The topological polar surface area (TPSA) is 77.5 Å². The van der Waals surface area contributed by atoms with Crippen molar-refractivity contribution in [3.8, 4) is 5.75 Å². The van der Waals surface area contributed by atoms with E-state index in [4.69, 9.17) is 9.47 Å². The lowest BCUT2D eigenvalue weighted by Crippen LogP contribution is -2.30. The Balaban J connectivity index is 2.03. The highest BCUT2D eigenvalue weighted by atomic mass is 79.9. The largest absolute Gasteiger partial charge is 0.480 e. The number of hydrogen-bond acceptors (Lipinski definition) is 6. The van der Waals surface area contributed by atoms with Crippen molar-refractivity contribution in [3.05, 3.63) is 39.1 Å². The number of aryl methyl sites for hydroxylation is 1. The number of esters is 1. The van der Waals surface area contributed by atoms with Gasteiger partial charge in [0.1, 0.15) is 16.4 Å². The second kappa shape index (κ2) is 8.39. The zero-order valence-electron chi connectivity index (χ0n) is 13.8. The van der Waals surface area contributed by atoms with E-state index in [0.29, 0.717) is 20.8 Å². The molecule has 0 saturated heterocycles. The normalized spacial score (nSPS) is 11.7. The number of nitrogens with one attached hydrogen (secondary N) is 1. The molecule has 0 aliphatic carbocycles. The van der Waals surface area contributed by atoms with E-state index in [1.807, 2.05) is 0 Å². The molecule has 0 aliphatic rings. The molecule has 0 radical (unpaired) electrons. The number of carbonyl (C=O) groups is 2. The third kappa shape index (κ3) is 4.99. The number of benzene rings is 1. The zero-order valence-corrected chi connectivity index (χ0v) is 16.2. The monoisotopic (exact) mass is 430 g/mol. The second-order valence-corrected chi connectivity index (χ2v) is 6.83. The van der Waals surface area contributed by atoms with Gasteiger partial charge in [0.25, 0.3) is 5.91 Å². The lowest BCUT2D eigenvalue weighted by Gasteiger charge is -2.14. The standard InChI is InChI=1S/C16H16BrFN2O4S/c1-4-23-15(22)13-8(2)19-16(25-13)20-14(21)9(3)24-12-6-5-10(18)7-11(12)17/h5-7,9H,4H2,1-3H3,(H,19,20,21). The van der Waals surface area contributed by atoms with Crippen LogP contribution in [0, 0.1) is 12.7 Å². The lowest BCUT2D eigenvalue weighted by atomic mass is 10.3. The van der Waals surface area contributed by atoms with Gasteiger partial charge in [-0.3, -0.25) is 10.1 Å². The number of anilines is 1. The summed E-state index contributed by atoms with van der Waals surface area (Å²) in [5, 5.41) is 2.87. The third-order valence-electron chi connectivity index (χ3n) is 3.05. The summed E-state index contributed by atoms with van der Waals surface area (Å²) in [7, 11) is 0. The van der Waals surface area contributed by atoms with Gasteiger partial charge in [0.05, 0.1) is 16.8 Å². The summed E-state index contributed by atoms with van der Waals surface area (Å²) in [5.74, 6) is -0.995. The molecule has 9 heteroatoms. The Bertz CT molecular complexity index is 796. The Morgan fingerprint density at radius 2 is 2.16 bits per heavy atom. The molecular formula is C16H16BrFN2O4S. The molecule has 1 aromatic heterocycles. The van der Waals surface area contributed by atoms with Gasteiger partial charge < -0.3 is 9.47 Å². The van der Waals surface area contributed by atoms with Gasteiger partial charge in [-0.25, -0.2) is 14.2 Å². The average Bonchev–Trinajstić information content (AvgIpc) is 2.90. The highest BCUT2D eigenvalue weighted by Crippen LogP contribution is 2.27. The Morgan fingerprint density at radius 1 is 1.44 bits per heavy atom. The first-order valence-corrected chi connectivity index (χ1v) is 8.99. The first-order valence-electron chi connectivity index (χ1n) is 7.39. The second-order valence-electron chi connectivity index (χ2n) is 4.98. The summed E-state index contributed by atoms with van der Waals surface area (Å²) in [6, 6.07) is 3.91. The molecule has 25 heavy (non-hydrogen) atoms. The van der Waals surface area contributed by atoms with Crippen LogP contribution < -0.4 is 10.1 Å². The molecule has 1 atom stereocenters. The van der Waals surface area contributed by atoms with E-state index in [9.17, 15) is 14.0 Å². The molecule has 0 spiro atoms. The highest BCUT2D eigenvalue weighted by Gasteiger charge is 2.21. The molecule has 6 nitrogen and oxygen atoms in total. The third-order valence-corrected chi connectivity index (χ3v) is 4.73. The first-order chi connectivity index (χ1) is 11.8. The quantitative estimate of drug-likeness (QED) is 0.702. The predicted molar refractivity (Wildman–Crippen MR) is 95.6 cm³/mol. The van der Waals surface area contributed by atoms with Crippen LogP contribution in [0.5, 0.6) is 5.75 Å². The maximum absolute atomic E-state index is 13.1. The van der Waals surface area contributed by atoms with Crippen LogP contribution >= 0.6 is 27.3 Å². The molecule has 0 bridgehead atoms. The van der Waals surface area contributed by atoms with Crippen LogP contribution in [0.15, 0.2) is 22.7 Å². The van der Waals surface area contributed by atoms with Crippen molar-refractivity contribution in [2.75, 3.05) is 11.9 Å². The molecule has 134 valence electrons. The van der Waals surface area contributed by atoms with Crippen LogP contribution in [-0.4, -0.2) is 29.6 Å². The molecule has 1 amide bonds. The maximum atomic E-state index is 13.1. The Kier molecular flexibility index (Phi) is 6.49. The summed E-state index contributed by atoms with van der Waals surface area (Å²) in [6.07, 6.45) is -0.850. The molecule has 2 aromatic rings. The summed E-state index contributed by atoms with van der Waals surface area (Å²) in [4.78, 5) is 28.5. The molecule has 1 unspecified atom stereocenters. The van der Waals surface area contributed by atoms with E-state index in [1.54, 1.807) is 20.8 Å². The van der Waals surface area contributed by atoms with Gasteiger partial charge in [-0.15, -0.1) is 0 Å². The van der Waals surface area contributed by atoms with Crippen LogP contribution in [0.2, 0.25) is 0 Å². The lowest BCUT2D eigenvalue weighted by molar-refractivity contribution is -0.122. The number of amides is 1. The number of nitrogens with zero attached hydrogens (tertiary/aromatic N) is 1. The van der Waals surface area contributed by atoms with Crippen molar-refractivity contribution in [3.63, 3.8) is 0 Å². The Morgan fingerprint density at radius 3 is 2.80 bits per heavy atom. The van der Waals surface area contributed by atoms with Gasteiger partial charge in [-0.05, 0) is 54.9 Å². The van der Waals surface area contributed by atoms with Crippen molar-refractivity contribution < 1.29 is 23.5 Å². The summed E-state index contributed by atoms with van der Waals surface area (Å²) >= 11 is 4.21. The fraction of sp³-hybridized carbons (Fsp3) is 0.312. The maximum Gasteiger partial charge on any atom is 0.350 e. The van der Waals surface area contributed by atoms with Crippen molar-refractivity contribution in [1.82, 2.24) is 4.98 Å². The minimum Gasteiger partial charge on any atom is -0.480 e. The average molecular weight is 431 g/mol. The molecule has 1 N–H and O–H groups in total. The van der Waals surface area contributed by atoms with Crippen molar-refractivity contribution in [2.45, 2.75) is 26.9 Å². The smallest absolute Gasteiger partial charge is 0.350 e. The van der Waals surface area contributed by atoms with Gasteiger partial charge in [0.15, 0.2) is 11.2 Å². The van der Waals surface area contributed by atoms with E-state index >= 15 is 0 Å². The van der Waals surface area contributed by atoms with E-state index < -0.39 is 23.8 Å². The molecule has 0 aliphatic heterocycles. The van der Waals surface area contributed by atoms with Gasteiger partial charge in [-0.1, -0.05) is 11.3 Å². The minimum absolute atomic E-state index is 0.259. The van der Waals surface area contributed by atoms with Crippen LogP contribution in [0.3, 0.4) is 0 Å². The predicted octanol–water partition coefficient (Wildman–Crippen LogP) is 3.94. The summed E-state index contributed by atoms with van der Waals surface area (Å²) in [5.41, 5.74) is 0.480. The van der Waals surface area contributed by atoms with Crippen LogP contribution in [0.25, 0.3) is 0 Å². The zero-order chi connectivity index (χ0) is 18.6.